The van der Waals surface area contributed by atoms with Gasteiger partial charge < -0.3 is 9.05 Å². The molecule has 0 radical (unpaired) electrons. The zero-order valence-electron chi connectivity index (χ0n) is 12.9. The Morgan fingerprint density at radius 1 is 0.895 bits per heavy atom. The lowest BCUT2D eigenvalue weighted by Crippen LogP contribution is -2.24. The van der Waals surface area contributed by atoms with Crippen molar-refractivity contribution in [3.8, 4) is 0 Å². The molecule has 0 saturated heterocycles. The normalized spacial score (nSPS) is 19.9. The van der Waals surface area contributed by atoms with Crippen molar-refractivity contribution < 1.29 is 26.6 Å². The maximum Gasteiger partial charge on any atom is 0.364 e. The Hall–Kier alpha value is 0.240. The van der Waals surface area contributed by atoms with Crippen LogP contribution in [0.2, 0.25) is 0 Å². The van der Waals surface area contributed by atoms with E-state index in [1.54, 1.807) is 20.8 Å². The van der Waals surface area contributed by atoms with Crippen molar-refractivity contribution in [2.24, 2.45) is 5.41 Å². The summed E-state index contributed by atoms with van der Waals surface area (Å²) in [4.78, 5) is 0. The van der Waals surface area contributed by atoms with Crippen LogP contribution in [-0.2, 0) is 18.2 Å². The molecule has 0 amide bonds. The molecule has 0 spiro atoms. The summed E-state index contributed by atoms with van der Waals surface area (Å²) < 4.78 is 54.2. The second kappa shape index (κ2) is 7.87. The van der Waals surface area contributed by atoms with Crippen molar-refractivity contribution in [2.45, 2.75) is 53.8 Å². The topological polar surface area (TPSA) is 52.6 Å². The van der Waals surface area contributed by atoms with Crippen molar-refractivity contribution in [3.63, 3.8) is 0 Å². The van der Waals surface area contributed by atoms with E-state index in [1.807, 2.05) is 20.8 Å². The average molecular weight is 322 g/mol. The second-order valence-electron chi connectivity index (χ2n) is 5.76. The third kappa shape index (κ3) is 18.2. The molecule has 3 atom stereocenters. The first-order chi connectivity index (χ1) is 8.04. The lowest BCUT2D eigenvalue weighted by atomic mass is 9.91. The summed E-state index contributed by atoms with van der Waals surface area (Å²) in [5.41, 5.74) is -0.169. The van der Waals surface area contributed by atoms with Gasteiger partial charge in [-0.05, 0) is 26.2 Å². The molecule has 0 aliphatic heterocycles. The van der Waals surface area contributed by atoms with Crippen LogP contribution >= 0.6 is 15.4 Å². The Labute approximate surface area is 115 Å². The Kier molecular flexibility index (Phi) is 8.92. The molecule has 0 fully saturated rings. The van der Waals surface area contributed by atoms with E-state index in [9.17, 15) is 17.5 Å². The number of hydrogen-bond acceptors (Lipinski definition) is 4. The van der Waals surface area contributed by atoms with Crippen LogP contribution in [0, 0.1) is 5.41 Å². The lowest BCUT2D eigenvalue weighted by Gasteiger charge is -2.27. The van der Waals surface area contributed by atoms with Crippen LogP contribution in [0.25, 0.3) is 0 Å². The number of hydrogen-bond donors (Lipinski definition) is 0. The highest BCUT2D eigenvalue weighted by atomic mass is 31.2. The van der Waals surface area contributed by atoms with Gasteiger partial charge in [-0.3, -0.25) is 9.13 Å². The van der Waals surface area contributed by atoms with E-state index >= 15 is 0 Å². The Balaban J connectivity index is 0. The van der Waals surface area contributed by atoms with Gasteiger partial charge in [0.15, 0.2) is 0 Å². The molecule has 0 heterocycles. The molecule has 0 aromatic heterocycles. The molecule has 0 aliphatic rings. The van der Waals surface area contributed by atoms with Gasteiger partial charge >= 0.3 is 15.4 Å². The fourth-order valence-electron chi connectivity index (χ4n) is 0.817. The minimum absolute atomic E-state index is 0.169. The van der Waals surface area contributed by atoms with E-state index in [1.165, 1.54) is 0 Å². The number of rotatable bonds is 4. The van der Waals surface area contributed by atoms with E-state index in [0.29, 0.717) is 0 Å². The van der Waals surface area contributed by atoms with E-state index in [-0.39, 0.29) is 17.6 Å². The zero-order valence-corrected chi connectivity index (χ0v) is 14.7. The summed E-state index contributed by atoms with van der Waals surface area (Å²) in [6.45, 7) is 12.7. The van der Waals surface area contributed by atoms with E-state index in [2.05, 4.69) is 4.52 Å². The molecule has 3 unspecified atom stereocenters. The van der Waals surface area contributed by atoms with Crippen LogP contribution in [0.4, 0.5) is 8.39 Å². The molecule has 4 nitrogen and oxygen atoms in total. The molecular formula is C11H26F2O4P2. The van der Waals surface area contributed by atoms with Gasteiger partial charge in [0.1, 0.15) is 0 Å². The smallest absolute Gasteiger partial charge is 0.303 e. The van der Waals surface area contributed by atoms with Gasteiger partial charge in [0.25, 0.3) is 0 Å². The minimum Gasteiger partial charge on any atom is -0.303 e. The molecule has 8 heteroatoms. The maximum atomic E-state index is 12.5. The van der Waals surface area contributed by atoms with Crippen LogP contribution in [0.5, 0.6) is 0 Å². The van der Waals surface area contributed by atoms with Gasteiger partial charge in [-0.2, -0.15) is 8.39 Å². The van der Waals surface area contributed by atoms with Crippen molar-refractivity contribution in [3.05, 3.63) is 0 Å². The molecule has 0 aromatic carbocycles. The van der Waals surface area contributed by atoms with Crippen molar-refractivity contribution in [1.82, 2.24) is 0 Å². The zero-order chi connectivity index (χ0) is 16.1. The van der Waals surface area contributed by atoms with Crippen molar-refractivity contribution in [2.75, 3.05) is 13.3 Å². The maximum absolute atomic E-state index is 12.5. The van der Waals surface area contributed by atoms with Gasteiger partial charge in [0.2, 0.25) is 0 Å². The summed E-state index contributed by atoms with van der Waals surface area (Å²) in [7, 11) is -7.54. The molecular weight excluding hydrogens is 296 g/mol. The first kappa shape index (κ1) is 21.5. The highest BCUT2D eigenvalue weighted by Gasteiger charge is 2.27. The fourth-order valence-corrected chi connectivity index (χ4v) is 2.45. The van der Waals surface area contributed by atoms with Gasteiger partial charge in [-0.25, -0.2) is 0 Å². The second-order valence-corrected chi connectivity index (χ2v) is 9.17. The predicted molar refractivity (Wildman–Crippen MR) is 75.5 cm³/mol. The van der Waals surface area contributed by atoms with Crippen LogP contribution in [0.3, 0.4) is 0 Å². The standard InChI is InChI=1S/C7H16FO2P.C4H10FO2P/c1-6(7(2,3)4)10-11(5,8)9;1-4(2)7-8(3,5)6/h6H,1-5H3;4H,1-3H3. The highest BCUT2D eigenvalue weighted by molar-refractivity contribution is 7.52. The van der Waals surface area contributed by atoms with Crippen molar-refractivity contribution >= 4 is 15.4 Å². The molecule has 0 aliphatic carbocycles. The fraction of sp³-hybridized carbons (Fsp3) is 1.00. The Morgan fingerprint density at radius 2 is 1.21 bits per heavy atom. The molecule has 0 rings (SSSR count). The van der Waals surface area contributed by atoms with Gasteiger partial charge in [0, 0.05) is 13.3 Å². The average Bonchev–Trinajstić information content (AvgIpc) is 1.93. The SMILES string of the molecule is CC(C)OP(C)(=O)F.CC(OP(C)(=O)F)C(C)(C)C. The Bertz CT molecular complexity index is 341. The van der Waals surface area contributed by atoms with E-state index in [0.717, 1.165) is 13.3 Å². The summed E-state index contributed by atoms with van der Waals surface area (Å²) in [6, 6.07) is 0. The van der Waals surface area contributed by atoms with Crippen molar-refractivity contribution in [1.29, 1.82) is 0 Å². The first-order valence-corrected chi connectivity index (χ1v) is 9.88. The summed E-state index contributed by atoms with van der Waals surface area (Å²) in [6.07, 6.45) is -0.626. The minimum atomic E-state index is -3.82. The molecule has 0 bridgehead atoms. The predicted octanol–water partition coefficient (Wildman–Crippen LogP) is 5.43. The molecule has 0 saturated carbocycles. The van der Waals surface area contributed by atoms with Crippen LogP contribution in [0.1, 0.15) is 41.5 Å². The Morgan fingerprint density at radius 3 is 1.26 bits per heavy atom. The first-order valence-electron chi connectivity index (χ1n) is 5.95. The van der Waals surface area contributed by atoms with Gasteiger partial charge in [-0.15, -0.1) is 0 Å². The summed E-state index contributed by atoms with van der Waals surface area (Å²) >= 11 is 0. The lowest BCUT2D eigenvalue weighted by molar-refractivity contribution is 0.0989. The van der Waals surface area contributed by atoms with Crippen LogP contribution < -0.4 is 0 Å². The van der Waals surface area contributed by atoms with Gasteiger partial charge in [-0.1, -0.05) is 20.8 Å². The monoisotopic (exact) mass is 322 g/mol. The molecule has 0 aromatic rings. The highest BCUT2D eigenvalue weighted by Crippen LogP contribution is 2.47. The van der Waals surface area contributed by atoms with Crippen LogP contribution in [-0.4, -0.2) is 25.5 Å². The molecule has 0 N–H and O–H groups in total. The molecule has 19 heavy (non-hydrogen) atoms. The molecule has 118 valence electrons. The summed E-state index contributed by atoms with van der Waals surface area (Å²) in [5, 5.41) is 0. The number of halogens is 2. The summed E-state index contributed by atoms with van der Waals surface area (Å²) in [5.74, 6) is 0. The van der Waals surface area contributed by atoms with E-state index < -0.39 is 15.4 Å². The van der Waals surface area contributed by atoms with Gasteiger partial charge in [0.05, 0.1) is 12.2 Å². The largest absolute Gasteiger partial charge is 0.364 e. The third-order valence-corrected chi connectivity index (χ3v) is 3.46. The van der Waals surface area contributed by atoms with E-state index in [4.69, 9.17) is 4.52 Å². The quantitative estimate of drug-likeness (QED) is 0.647. The van der Waals surface area contributed by atoms with Crippen LogP contribution in [0.15, 0.2) is 0 Å². The third-order valence-electron chi connectivity index (χ3n) is 1.97.